The Morgan fingerprint density at radius 3 is 2.62 bits per heavy atom. The van der Waals surface area contributed by atoms with E-state index in [2.05, 4.69) is 20.9 Å². The van der Waals surface area contributed by atoms with Crippen LogP contribution in [0.25, 0.3) is 0 Å². The lowest BCUT2D eigenvalue weighted by atomic mass is 10.9. The molecule has 0 atom stereocenters. The summed E-state index contributed by atoms with van der Waals surface area (Å²) in [6, 6.07) is 0. The molecule has 0 unspecified atom stereocenters. The van der Waals surface area contributed by atoms with E-state index in [-0.39, 0.29) is 10.8 Å². The van der Waals surface area contributed by atoms with Crippen LogP contribution in [-0.2, 0) is 4.74 Å². The molecular formula is C3H5BrFNO2. The summed E-state index contributed by atoms with van der Waals surface area (Å²) in [5.41, 5.74) is 0. The first-order valence-electron chi connectivity index (χ1n) is 1.97. The van der Waals surface area contributed by atoms with E-state index in [1.54, 1.807) is 6.92 Å². The van der Waals surface area contributed by atoms with Crippen molar-refractivity contribution in [3.8, 4) is 0 Å². The van der Waals surface area contributed by atoms with Gasteiger partial charge in [-0.2, -0.15) is 0 Å². The van der Waals surface area contributed by atoms with Gasteiger partial charge in [0.1, 0.15) is 0 Å². The highest BCUT2D eigenvalue weighted by atomic mass is 79.9. The Morgan fingerprint density at radius 2 is 2.50 bits per heavy atom. The summed E-state index contributed by atoms with van der Waals surface area (Å²) >= 11 is 2.23. The van der Waals surface area contributed by atoms with Crippen LogP contribution in [0.2, 0.25) is 0 Å². The highest BCUT2D eigenvalue weighted by molar-refractivity contribution is 9.07. The molecule has 0 aliphatic heterocycles. The first-order valence-corrected chi connectivity index (χ1v) is 2.67. The maximum Gasteiger partial charge on any atom is 0.449 e. The van der Waals surface area contributed by atoms with Gasteiger partial charge in [0, 0.05) is 0 Å². The Bertz CT molecular complexity index is 87.4. The fraction of sp³-hybridized carbons (Fsp3) is 0.667. The minimum Gasteiger partial charge on any atom is -0.447 e. The number of amides is 1. The molecule has 5 heteroatoms. The van der Waals surface area contributed by atoms with Crippen molar-refractivity contribution in [2.45, 2.75) is 6.92 Å². The molecule has 0 radical (unpaired) electrons. The number of rotatable bonds is 1. The lowest BCUT2D eigenvalue weighted by Crippen LogP contribution is -2.12. The highest BCUT2D eigenvalue weighted by Gasteiger charge is 2.07. The number of nitrogens with zero attached hydrogens (tertiary/aromatic N) is 1. The summed E-state index contributed by atoms with van der Waals surface area (Å²) in [5.74, 6) is 0. The average molecular weight is 186 g/mol. The van der Waals surface area contributed by atoms with Gasteiger partial charge in [0.05, 0.1) is 22.8 Å². The van der Waals surface area contributed by atoms with Crippen molar-refractivity contribution in [2.75, 3.05) is 6.61 Å². The molecule has 0 aromatic carbocycles. The van der Waals surface area contributed by atoms with Crippen LogP contribution in [0.5, 0.6) is 0 Å². The van der Waals surface area contributed by atoms with Crippen molar-refractivity contribution >= 4 is 22.2 Å². The number of carbonyl (C=O) groups is 1. The molecule has 0 rings (SSSR count). The fourth-order valence-corrected chi connectivity index (χ4v) is 0.275. The van der Waals surface area contributed by atoms with Crippen molar-refractivity contribution in [1.29, 1.82) is 0 Å². The first kappa shape index (κ1) is 7.68. The van der Waals surface area contributed by atoms with Crippen molar-refractivity contribution in [3.05, 3.63) is 0 Å². The minimum atomic E-state index is -1.03. The molecule has 1 amide bonds. The second-order valence-corrected chi connectivity index (χ2v) is 1.55. The zero-order chi connectivity index (χ0) is 6.57. The average Bonchev–Trinajstić information content (AvgIpc) is 1.67. The lowest BCUT2D eigenvalue weighted by molar-refractivity contribution is 0.0839. The fourth-order valence-electron chi connectivity index (χ4n) is 0.172. The van der Waals surface area contributed by atoms with Gasteiger partial charge in [-0.25, -0.2) is 4.79 Å². The SMILES string of the molecule is CCOC(=O)N(F)Br. The van der Waals surface area contributed by atoms with Crippen LogP contribution >= 0.6 is 16.1 Å². The maximum atomic E-state index is 11.6. The Labute approximate surface area is 54.7 Å². The standard InChI is InChI=1S/C3H5BrFNO2/c1-2-8-3(7)6(4)5/h2H2,1H3. The third-order valence-corrected chi connectivity index (χ3v) is 0.695. The van der Waals surface area contributed by atoms with Crippen LogP contribution < -0.4 is 0 Å². The first-order chi connectivity index (χ1) is 3.68. The Kier molecular flexibility index (Phi) is 3.51. The van der Waals surface area contributed by atoms with E-state index >= 15 is 0 Å². The second kappa shape index (κ2) is 3.65. The van der Waals surface area contributed by atoms with E-state index in [4.69, 9.17) is 0 Å². The summed E-state index contributed by atoms with van der Waals surface area (Å²) in [6.07, 6.45) is -1.03. The van der Waals surface area contributed by atoms with Gasteiger partial charge >= 0.3 is 6.09 Å². The van der Waals surface area contributed by atoms with Crippen LogP contribution in [0.1, 0.15) is 6.92 Å². The maximum absolute atomic E-state index is 11.6. The Hall–Kier alpha value is -0.320. The molecule has 8 heavy (non-hydrogen) atoms. The van der Waals surface area contributed by atoms with E-state index in [0.29, 0.717) is 0 Å². The van der Waals surface area contributed by atoms with E-state index in [9.17, 15) is 9.28 Å². The van der Waals surface area contributed by atoms with E-state index < -0.39 is 6.09 Å². The monoisotopic (exact) mass is 185 g/mol. The summed E-state index contributed by atoms with van der Waals surface area (Å²) in [7, 11) is 0. The molecule has 0 spiro atoms. The predicted molar refractivity (Wildman–Crippen MR) is 28.9 cm³/mol. The summed E-state index contributed by atoms with van der Waals surface area (Å²) in [5, 5.41) is 0. The van der Waals surface area contributed by atoms with Crippen molar-refractivity contribution in [1.82, 2.24) is 4.15 Å². The van der Waals surface area contributed by atoms with Gasteiger partial charge in [-0.05, 0) is 6.92 Å². The number of hydrogen-bond donors (Lipinski definition) is 0. The van der Waals surface area contributed by atoms with Crippen LogP contribution in [-0.4, -0.2) is 16.8 Å². The molecule has 0 fully saturated rings. The molecule has 0 N–H and O–H groups in total. The van der Waals surface area contributed by atoms with E-state index in [1.165, 1.54) is 0 Å². The number of ether oxygens (including phenoxy) is 1. The molecular weight excluding hydrogens is 181 g/mol. The molecule has 0 saturated carbocycles. The summed E-state index contributed by atoms with van der Waals surface area (Å²) in [4.78, 5) is 10.0. The van der Waals surface area contributed by atoms with Gasteiger partial charge in [-0.15, -0.1) is 0 Å². The molecule has 0 aromatic heterocycles. The molecule has 0 saturated heterocycles. The van der Waals surface area contributed by atoms with E-state index in [0.717, 1.165) is 0 Å². The number of halogens is 2. The Morgan fingerprint density at radius 1 is 2.00 bits per heavy atom. The van der Waals surface area contributed by atoms with Gasteiger partial charge in [-0.3, -0.25) is 0 Å². The number of carbonyl (C=O) groups excluding carboxylic acids is 1. The van der Waals surface area contributed by atoms with Crippen LogP contribution in [0.4, 0.5) is 9.28 Å². The van der Waals surface area contributed by atoms with Crippen molar-refractivity contribution in [3.63, 3.8) is 0 Å². The van der Waals surface area contributed by atoms with Crippen LogP contribution in [0.15, 0.2) is 0 Å². The molecule has 0 bridgehead atoms. The third kappa shape index (κ3) is 2.79. The smallest absolute Gasteiger partial charge is 0.447 e. The van der Waals surface area contributed by atoms with Gasteiger partial charge in [0.15, 0.2) is 0 Å². The molecule has 3 nitrogen and oxygen atoms in total. The number of hydrogen-bond acceptors (Lipinski definition) is 2. The Balaban J connectivity index is 3.33. The predicted octanol–water partition coefficient (Wildman–Crippen LogP) is 1.64. The third-order valence-electron chi connectivity index (χ3n) is 0.406. The minimum absolute atomic E-state index is 0.171. The quantitative estimate of drug-likeness (QED) is 0.582. The van der Waals surface area contributed by atoms with Crippen molar-refractivity contribution < 1.29 is 14.0 Å². The zero-order valence-electron chi connectivity index (χ0n) is 4.23. The highest BCUT2D eigenvalue weighted by Crippen LogP contribution is 1.99. The van der Waals surface area contributed by atoms with Gasteiger partial charge in [0.25, 0.3) is 0 Å². The summed E-state index contributed by atoms with van der Waals surface area (Å²) < 4.78 is 15.4. The van der Waals surface area contributed by atoms with Gasteiger partial charge in [-0.1, -0.05) is 8.63 Å². The zero-order valence-corrected chi connectivity index (χ0v) is 5.81. The van der Waals surface area contributed by atoms with Crippen LogP contribution in [0, 0.1) is 0 Å². The molecule has 0 heterocycles. The molecule has 0 aliphatic rings. The molecule has 48 valence electrons. The normalized spacial score (nSPS) is 8.38. The second-order valence-electron chi connectivity index (χ2n) is 0.932. The summed E-state index contributed by atoms with van der Waals surface area (Å²) in [6.45, 7) is 1.76. The molecule has 0 aliphatic carbocycles. The van der Waals surface area contributed by atoms with Crippen molar-refractivity contribution in [2.24, 2.45) is 0 Å². The van der Waals surface area contributed by atoms with E-state index in [1.807, 2.05) is 0 Å². The van der Waals surface area contributed by atoms with Gasteiger partial charge < -0.3 is 4.74 Å². The lowest BCUT2D eigenvalue weighted by Gasteiger charge is -2.00. The van der Waals surface area contributed by atoms with Gasteiger partial charge in [0.2, 0.25) is 0 Å². The largest absolute Gasteiger partial charge is 0.449 e. The topological polar surface area (TPSA) is 29.5 Å². The van der Waals surface area contributed by atoms with Crippen LogP contribution in [0.3, 0.4) is 0 Å². The molecule has 0 aromatic rings.